The highest BCUT2D eigenvalue weighted by Gasteiger charge is 2.20. The fourth-order valence-electron chi connectivity index (χ4n) is 8.11. The van der Waals surface area contributed by atoms with Crippen LogP contribution in [0.2, 0.25) is 0 Å². The zero-order valence-electron chi connectivity index (χ0n) is 30.7. The van der Waals surface area contributed by atoms with Crippen LogP contribution in [-0.2, 0) is 0 Å². The summed E-state index contributed by atoms with van der Waals surface area (Å²) in [6.07, 6.45) is 0. The maximum atomic E-state index is 6.41. The summed E-state index contributed by atoms with van der Waals surface area (Å²) in [5.74, 6) is 0. The quantitative estimate of drug-likeness (QED) is 0.156. The van der Waals surface area contributed by atoms with E-state index in [4.69, 9.17) is 4.42 Å². The van der Waals surface area contributed by atoms with Crippen molar-refractivity contribution in [1.82, 2.24) is 0 Å². The minimum Gasteiger partial charge on any atom is -0.456 e. The molecule has 1 heterocycles. The summed E-state index contributed by atoms with van der Waals surface area (Å²) in [4.78, 5) is 2.35. The lowest BCUT2D eigenvalue weighted by Crippen LogP contribution is -2.11. The molecule has 0 aliphatic heterocycles. The van der Waals surface area contributed by atoms with E-state index in [1.807, 2.05) is 12.1 Å². The van der Waals surface area contributed by atoms with Crippen molar-refractivity contribution in [2.75, 3.05) is 4.90 Å². The summed E-state index contributed by atoms with van der Waals surface area (Å²) < 4.78 is 6.41. The molecule has 10 rings (SSSR count). The minimum absolute atomic E-state index is 0.865. The summed E-state index contributed by atoms with van der Waals surface area (Å²) in [6, 6.07) is 80.0. The molecule has 0 radical (unpaired) electrons. The standard InChI is InChI=1S/C54H37NO/c1-3-17-38(18-4-1)43-21-7-9-24-46(43)48-26-11-12-27-49(48)47-25-10-8-22-44(47)40-31-33-41(34-32-40)55(52-29-15-13-23-45(52)39-19-5-2-6-20-39)42-35-36-51-50-28-14-16-30-53(50)56-54(51)37-42/h1-37H. The lowest BCUT2D eigenvalue weighted by Gasteiger charge is -2.28. The number of fused-ring (bicyclic) bond motifs is 3. The molecule has 0 bridgehead atoms. The Hall–Kier alpha value is -7.42. The molecule has 0 fully saturated rings. The van der Waals surface area contributed by atoms with Gasteiger partial charge in [0.1, 0.15) is 11.2 Å². The van der Waals surface area contributed by atoms with Crippen LogP contribution in [-0.4, -0.2) is 0 Å². The number of benzene rings is 9. The molecule has 0 saturated heterocycles. The van der Waals surface area contributed by atoms with Crippen LogP contribution < -0.4 is 4.90 Å². The molecule has 264 valence electrons. The van der Waals surface area contributed by atoms with E-state index in [9.17, 15) is 0 Å². The second-order valence-electron chi connectivity index (χ2n) is 14.0. The van der Waals surface area contributed by atoms with Gasteiger partial charge < -0.3 is 9.32 Å². The molecule has 1 aromatic heterocycles. The highest BCUT2D eigenvalue weighted by molar-refractivity contribution is 6.06. The molecule has 2 heteroatoms. The van der Waals surface area contributed by atoms with Crippen molar-refractivity contribution in [3.05, 3.63) is 224 Å². The molecule has 0 unspecified atom stereocenters. The largest absolute Gasteiger partial charge is 0.456 e. The number of nitrogens with zero attached hydrogens (tertiary/aromatic N) is 1. The monoisotopic (exact) mass is 715 g/mol. The van der Waals surface area contributed by atoms with Crippen molar-refractivity contribution >= 4 is 39.0 Å². The summed E-state index contributed by atoms with van der Waals surface area (Å²) in [6.45, 7) is 0. The Morgan fingerprint density at radius 1 is 0.268 bits per heavy atom. The number of para-hydroxylation sites is 2. The van der Waals surface area contributed by atoms with E-state index in [1.165, 1.54) is 38.9 Å². The van der Waals surface area contributed by atoms with Crippen molar-refractivity contribution in [1.29, 1.82) is 0 Å². The second kappa shape index (κ2) is 14.4. The Bertz CT molecular complexity index is 2960. The van der Waals surface area contributed by atoms with Gasteiger partial charge >= 0.3 is 0 Å². The van der Waals surface area contributed by atoms with Crippen LogP contribution in [0, 0.1) is 0 Å². The molecule has 0 N–H and O–H groups in total. The average molecular weight is 716 g/mol. The maximum absolute atomic E-state index is 6.41. The third-order valence-corrected chi connectivity index (χ3v) is 10.7. The van der Waals surface area contributed by atoms with Crippen LogP contribution >= 0.6 is 0 Å². The Kier molecular flexibility index (Phi) is 8.55. The normalized spacial score (nSPS) is 11.2. The summed E-state index contributed by atoms with van der Waals surface area (Å²) in [5.41, 5.74) is 16.8. The fraction of sp³-hybridized carbons (Fsp3) is 0. The maximum Gasteiger partial charge on any atom is 0.137 e. The molecule has 10 aromatic rings. The Labute approximate surface area is 327 Å². The van der Waals surface area contributed by atoms with Gasteiger partial charge in [-0.25, -0.2) is 0 Å². The Morgan fingerprint density at radius 3 is 1.29 bits per heavy atom. The van der Waals surface area contributed by atoms with Gasteiger partial charge in [-0.05, 0) is 86.5 Å². The van der Waals surface area contributed by atoms with Gasteiger partial charge in [0.05, 0.1) is 5.69 Å². The molecule has 0 atom stereocenters. The van der Waals surface area contributed by atoms with Crippen LogP contribution in [0.15, 0.2) is 229 Å². The molecular weight excluding hydrogens is 679 g/mol. The van der Waals surface area contributed by atoms with Gasteiger partial charge in [-0.2, -0.15) is 0 Å². The first-order chi connectivity index (χ1) is 27.8. The number of rotatable bonds is 8. The summed E-state index contributed by atoms with van der Waals surface area (Å²) in [7, 11) is 0. The van der Waals surface area contributed by atoms with Crippen molar-refractivity contribution in [2.45, 2.75) is 0 Å². The van der Waals surface area contributed by atoms with E-state index in [0.717, 1.165) is 55.7 Å². The lowest BCUT2D eigenvalue weighted by molar-refractivity contribution is 0.669. The Morgan fingerprint density at radius 2 is 0.679 bits per heavy atom. The van der Waals surface area contributed by atoms with Crippen LogP contribution in [0.3, 0.4) is 0 Å². The van der Waals surface area contributed by atoms with E-state index >= 15 is 0 Å². The SMILES string of the molecule is c1ccc(-c2ccccc2-c2ccccc2-c2ccccc2-c2ccc(N(c3ccc4c(c3)oc3ccccc34)c3ccccc3-c3ccccc3)cc2)cc1. The van der Waals surface area contributed by atoms with Crippen LogP contribution in [0.5, 0.6) is 0 Å². The first-order valence-corrected chi connectivity index (χ1v) is 19.1. The van der Waals surface area contributed by atoms with E-state index in [-0.39, 0.29) is 0 Å². The molecular formula is C54H37NO. The Balaban J connectivity index is 1.09. The highest BCUT2D eigenvalue weighted by atomic mass is 16.3. The molecule has 56 heavy (non-hydrogen) atoms. The lowest BCUT2D eigenvalue weighted by atomic mass is 9.87. The van der Waals surface area contributed by atoms with Gasteiger partial charge in [0, 0.05) is 33.8 Å². The highest BCUT2D eigenvalue weighted by Crippen LogP contribution is 2.45. The smallest absolute Gasteiger partial charge is 0.137 e. The number of hydrogen-bond donors (Lipinski definition) is 0. The minimum atomic E-state index is 0.865. The third-order valence-electron chi connectivity index (χ3n) is 10.7. The number of hydrogen-bond acceptors (Lipinski definition) is 2. The molecule has 0 saturated carbocycles. The first-order valence-electron chi connectivity index (χ1n) is 19.1. The second-order valence-corrected chi connectivity index (χ2v) is 14.0. The van der Waals surface area contributed by atoms with Gasteiger partial charge in [0.25, 0.3) is 0 Å². The summed E-state index contributed by atoms with van der Waals surface area (Å²) >= 11 is 0. The zero-order chi connectivity index (χ0) is 37.3. The molecule has 0 spiro atoms. The molecule has 9 aromatic carbocycles. The van der Waals surface area contributed by atoms with Gasteiger partial charge in [-0.3, -0.25) is 0 Å². The summed E-state index contributed by atoms with van der Waals surface area (Å²) in [5, 5.41) is 2.23. The van der Waals surface area contributed by atoms with Crippen molar-refractivity contribution in [3.63, 3.8) is 0 Å². The van der Waals surface area contributed by atoms with Crippen LogP contribution in [0.4, 0.5) is 17.1 Å². The van der Waals surface area contributed by atoms with Crippen LogP contribution in [0.25, 0.3) is 77.6 Å². The number of furan rings is 1. The van der Waals surface area contributed by atoms with Gasteiger partial charge in [-0.15, -0.1) is 0 Å². The zero-order valence-corrected chi connectivity index (χ0v) is 30.7. The van der Waals surface area contributed by atoms with Gasteiger partial charge in [0.2, 0.25) is 0 Å². The van der Waals surface area contributed by atoms with Gasteiger partial charge in [-0.1, -0.05) is 182 Å². The van der Waals surface area contributed by atoms with Gasteiger partial charge in [0.15, 0.2) is 0 Å². The molecule has 0 amide bonds. The number of anilines is 3. The van der Waals surface area contributed by atoms with Crippen molar-refractivity contribution < 1.29 is 4.42 Å². The van der Waals surface area contributed by atoms with Crippen molar-refractivity contribution in [3.8, 4) is 55.6 Å². The van der Waals surface area contributed by atoms with Crippen molar-refractivity contribution in [2.24, 2.45) is 0 Å². The molecule has 2 nitrogen and oxygen atoms in total. The van der Waals surface area contributed by atoms with E-state index in [2.05, 4.69) is 217 Å². The average Bonchev–Trinajstić information content (AvgIpc) is 3.66. The third kappa shape index (κ3) is 6.04. The van der Waals surface area contributed by atoms with Crippen LogP contribution in [0.1, 0.15) is 0 Å². The van der Waals surface area contributed by atoms with E-state index in [0.29, 0.717) is 0 Å². The van der Waals surface area contributed by atoms with E-state index < -0.39 is 0 Å². The predicted molar refractivity (Wildman–Crippen MR) is 236 cm³/mol. The first kappa shape index (κ1) is 33.2. The fourth-order valence-corrected chi connectivity index (χ4v) is 8.11. The molecule has 0 aliphatic rings. The topological polar surface area (TPSA) is 16.4 Å². The van der Waals surface area contributed by atoms with E-state index in [1.54, 1.807) is 0 Å². The molecule has 0 aliphatic carbocycles. The predicted octanol–water partition coefficient (Wildman–Crippen LogP) is 15.4.